The van der Waals surface area contributed by atoms with E-state index in [4.69, 9.17) is 22.1 Å². The van der Waals surface area contributed by atoms with Crippen molar-refractivity contribution in [3.63, 3.8) is 0 Å². The fraction of sp³-hybridized carbons (Fsp3) is 0.368. The van der Waals surface area contributed by atoms with Crippen molar-refractivity contribution in [3.05, 3.63) is 34.7 Å². The number of likely N-dealkylation sites (tertiary alicyclic amines) is 1. The van der Waals surface area contributed by atoms with E-state index >= 15 is 0 Å². The maximum atomic E-state index is 12.7. The van der Waals surface area contributed by atoms with Crippen LogP contribution in [-0.2, 0) is 14.4 Å². The average molecular weight is 421 g/mol. The molecule has 3 rings (SSSR count). The Bertz CT molecular complexity index is 829. The molecular formula is C19H20N2O5S2. The summed E-state index contributed by atoms with van der Waals surface area (Å²) in [5, 5.41) is 9.05. The minimum Gasteiger partial charge on any atom is -0.497 e. The molecule has 2 amide bonds. The first-order chi connectivity index (χ1) is 13.4. The number of carboxylic acids is 1. The third kappa shape index (κ3) is 4.53. The predicted molar refractivity (Wildman–Crippen MR) is 110 cm³/mol. The molecule has 2 aliphatic rings. The van der Waals surface area contributed by atoms with E-state index in [1.54, 1.807) is 30.2 Å². The maximum absolute atomic E-state index is 12.7. The van der Waals surface area contributed by atoms with Gasteiger partial charge in [-0.25, -0.2) is 0 Å². The number of amides is 2. The van der Waals surface area contributed by atoms with Gasteiger partial charge < -0.3 is 14.7 Å². The summed E-state index contributed by atoms with van der Waals surface area (Å²) in [6, 6.07) is 7.28. The lowest BCUT2D eigenvalue weighted by molar-refractivity contribution is -0.146. The molecule has 7 nitrogen and oxygen atoms in total. The molecule has 2 aliphatic heterocycles. The fourth-order valence-electron chi connectivity index (χ4n) is 3.10. The number of carbonyl (C=O) groups is 3. The average Bonchev–Trinajstić information content (AvgIpc) is 2.96. The van der Waals surface area contributed by atoms with E-state index in [9.17, 15) is 14.4 Å². The molecule has 0 radical (unpaired) electrons. The number of aliphatic carboxylic acids is 1. The van der Waals surface area contributed by atoms with Gasteiger partial charge >= 0.3 is 5.97 Å². The van der Waals surface area contributed by atoms with Gasteiger partial charge in [0.15, 0.2) is 0 Å². The third-order valence-electron chi connectivity index (χ3n) is 4.78. The van der Waals surface area contributed by atoms with Crippen molar-refractivity contribution in [1.82, 2.24) is 9.80 Å². The zero-order chi connectivity index (χ0) is 20.3. The number of piperidine rings is 1. The van der Waals surface area contributed by atoms with E-state index in [1.807, 2.05) is 12.1 Å². The molecular weight excluding hydrogens is 400 g/mol. The standard InChI is InChI=1S/C19H20N2O5S2/c1-26-14-4-2-12(3-5-14)10-15-17(23)21(19(27)28-15)11-16(22)20-8-6-13(7-9-20)18(24)25/h2-5,10,13H,6-9,11H2,1H3,(H,24,25). The lowest BCUT2D eigenvalue weighted by Crippen LogP contribution is -2.46. The number of hydrogen-bond donors (Lipinski definition) is 1. The lowest BCUT2D eigenvalue weighted by Gasteiger charge is -2.31. The molecule has 28 heavy (non-hydrogen) atoms. The predicted octanol–water partition coefficient (Wildman–Crippen LogP) is 2.22. The highest BCUT2D eigenvalue weighted by Crippen LogP contribution is 2.33. The minimum atomic E-state index is -0.826. The van der Waals surface area contributed by atoms with Crippen molar-refractivity contribution in [2.75, 3.05) is 26.7 Å². The molecule has 148 valence electrons. The largest absolute Gasteiger partial charge is 0.497 e. The van der Waals surface area contributed by atoms with Crippen LogP contribution in [0.25, 0.3) is 6.08 Å². The molecule has 0 atom stereocenters. The molecule has 1 aromatic rings. The van der Waals surface area contributed by atoms with Gasteiger partial charge in [-0.3, -0.25) is 19.3 Å². The van der Waals surface area contributed by atoms with Gasteiger partial charge in [0.25, 0.3) is 5.91 Å². The van der Waals surface area contributed by atoms with Crippen molar-refractivity contribution in [2.45, 2.75) is 12.8 Å². The van der Waals surface area contributed by atoms with Crippen LogP contribution >= 0.6 is 24.0 Å². The van der Waals surface area contributed by atoms with Crippen molar-refractivity contribution >= 4 is 52.2 Å². The number of rotatable bonds is 5. The van der Waals surface area contributed by atoms with Crippen LogP contribution in [-0.4, -0.2) is 63.8 Å². The molecule has 0 unspecified atom stereocenters. The third-order valence-corrected chi connectivity index (χ3v) is 6.16. The van der Waals surface area contributed by atoms with Crippen LogP contribution in [0.15, 0.2) is 29.2 Å². The lowest BCUT2D eigenvalue weighted by atomic mass is 9.97. The van der Waals surface area contributed by atoms with Gasteiger partial charge in [0.1, 0.15) is 16.6 Å². The van der Waals surface area contributed by atoms with E-state index in [2.05, 4.69) is 0 Å². The Hall–Kier alpha value is -2.39. The summed E-state index contributed by atoms with van der Waals surface area (Å²) < 4.78 is 5.46. The maximum Gasteiger partial charge on any atom is 0.306 e. The van der Waals surface area contributed by atoms with Crippen molar-refractivity contribution in [1.29, 1.82) is 0 Å². The zero-order valence-electron chi connectivity index (χ0n) is 15.3. The number of hydrogen-bond acceptors (Lipinski definition) is 6. The van der Waals surface area contributed by atoms with Crippen LogP contribution in [0.2, 0.25) is 0 Å². The number of thiocarbonyl (C=S) groups is 1. The van der Waals surface area contributed by atoms with Crippen molar-refractivity contribution in [3.8, 4) is 5.75 Å². The minimum absolute atomic E-state index is 0.123. The molecule has 2 saturated heterocycles. The van der Waals surface area contributed by atoms with Gasteiger partial charge in [0.2, 0.25) is 5.91 Å². The van der Waals surface area contributed by atoms with Gasteiger partial charge in [-0.05, 0) is 36.6 Å². The number of nitrogens with zero attached hydrogens (tertiary/aromatic N) is 2. The number of benzene rings is 1. The van der Waals surface area contributed by atoms with Crippen LogP contribution in [0.3, 0.4) is 0 Å². The van der Waals surface area contributed by atoms with Crippen LogP contribution in [0.5, 0.6) is 5.75 Å². The Labute approximate surface area is 172 Å². The Balaban J connectivity index is 1.62. The summed E-state index contributed by atoms with van der Waals surface area (Å²) in [5.74, 6) is -1.02. The number of carbonyl (C=O) groups excluding carboxylic acids is 2. The van der Waals surface area contributed by atoms with Gasteiger partial charge in [0.05, 0.1) is 17.9 Å². The Kier molecular flexibility index (Phi) is 6.35. The SMILES string of the molecule is COc1ccc(C=C2SC(=S)N(CC(=O)N3CCC(C(=O)O)CC3)C2=O)cc1. The highest BCUT2D eigenvalue weighted by atomic mass is 32.2. The van der Waals surface area contributed by atoms with Crippen LogP contribution in [0.1, 0.15) is 18.4 Å². The van der Waals surface area contributed by atoms with E-state index in [-0.39, 0.29) is 18.4 Å². The summed E-state index contributed by atoms with van der Waals surface area (Å²) >= 11 is 6.45. The molecule has 0 aromatic heterocycles. The molecule has 2 heterocycles. The number of ether oxygens (including phenoxy) is 1. The molecule has 1 N–H and O–H groups in total. The molecule has 1 aromatic carbocycles. The Morgan fingerprint density at radius 1 is 1.29 bits per heavy atom. The van der Waals surface area contributed by atoms with Gasteiger partial charge in [-0.2, -0.15) is 0 Å². The van der Waals surface area contributed by atoms with E-state index < -0.39 is 11.9 Å². The molecule has 0 saturated carbocycles. The molecule has 2 fully saturated rings. The summed E-state index contributed by atoms with van der Waals surface area (Å²) in [7, 11) is 1.58. The zero-order valence-corrected chi connectivity index (χ0v) is 16.9. The van der Waals surface area contributed by atoms with Crippen molar-refractivity contribution in [2.24, 2.45) is 5.92 Å². The quantitative estimate of drug-likeness (QED) is 0.577. The second-order valence-electron chi connectivity index (χ2n) is 6.53. The Morgan fingerprint density at radius 2 is 1.93 bits per heavy atom. The van der Waals surface area contributed by atoms with Gasteiger partial charge in [-0.1, -0.05) is 36.1 Å². The van der Waals surface area contributed by atoms with E-state index in [0.717, 1.165) is 11.3 Å². The van der Waals surface area contributed by atoms with Crippen LogP contribution in [0, 0.1) is 5.92 Å². The number of thioether (sulfide) groups is 1. The highest BCUT2D eigenvalue weighted by molar-refractivity contribution is 8.26. The molecule has 0 aliphatic carbocycles. The molecule has 9 heteroatoms. The smallest absolute Gasteiger partial charge is 0.306 e. The highest BCUT2D eigenvalue weighted by Gasteiger charge is 2.35. The van der Waals surface area contributed by atoms with Crippen LogP contribution in [0.4, 0.5) is 0 Å². The molecule has 0 bridgehead atoms. The summed E-state index contributed by atoms with van der Waals surface area (Å²) in [6.07, 6.45) is 2.59. The topological polar surface area (TPSA) is 87.2 Å². The Morgan fingerprint density at radius 3 is 2.50 bits per heavy atom. The first kappa shape index (κ1) is 20.3. The normalized spacial score (nSPS) is 19.4. The summed E-state index contributed by atoms with van der Waals surface area (Å²) in [4.78, 5) is 39.6. The first-order valence-corrected chi connectivity index (χ1v) is 10.0. The van der Waals surface area contributed by atoms with E-state index in [1.165, 1.54) is 16.7 Å². The number of methoxy groups -OCH3 is 1. The number of carboxylic acid groups (broad SMARTS) is 1. The summed E-state index contributed by atoms with van der Waals surface area (Å²) in [6.45, 7) is 0.640. The van der Waals surface area contributed by atoms with E-state index in [0.29, 0.717) is 35.2 Å². The summed E-state index contributed by atoms with van der Waals surface area (Å²) in [5.41, 5.74) is 0.836. The second-order valence-corrected chi connectivity index (χ2v) is 8.21. The van der Waals surface area contributed by atoms with Gasteiger partial charge in [-0.15, -0.1) is 0 Å². The second kappa shape index (κ2) is 8.74. The van der Waals surface area contributed by atoms with Crippen molar-refractivity contribution < 1.29 is 24.2 Å². The monoisotopic (exact) mass is 420 g/mol. The van der Waals surface area contributed by atoms with Crippen LogP contribution < -0.4 is 4.74 Å². The molecule has 0 spiro atoms. The fourth-order valence-corrected chi connectivity index (χ4v) is 4.35. The van der Waals surface area contributed by atoms with Gasteiger partial charge in [0, 0.05) is 13.1 Å². The first-order valence-electron chi connectivity index (χ1n) is 8.79.